The van der Waals surface area contributed by atoms with Crippen molar-refractivity contribution in [3.63, 3.8) is 0 Å². The van der Waals surface area contributed by atoms with E-state index in [0.717, 1.165) is 25.9 Å². The average molecular weight is 376 g/mol. The number of likely N-dealkylation sites (tertiary alicyclic amines) is 1. The van der Waals surface area contributed by atoms with Crippen molar-refractivity contribution in [3.8, 4) is 11.5 Å². The van der Waals surface area contributed by atoms with E-state index in [-0.39, 0.29) is 12.5 Å². The zero-order valence-electron chi connectivity index (χ0n) is 15.5. The third kappa shape index (κ3) is 5.98. The molecule has 0 aromatic heterocycles. The first kappa shape index (κ1) is 20.2. The van der Waals surface area contributed by atoms with Crippen LogP contribution >= 0.6 is 0 Å². The molecule has 0 spiro atoms. The van der Waals surface area contributed by atoms with Crippen molar-refractivity contribution in [1.82, 2.24) is 15.6 Å². The highest BCUT2D eigenvalue weighted by atomic mass is 16.5. The average Bonchev–Trinajstić information content (AvgIpc) is 3.21. The summed E-state index contributed by atoms with van der Waals surface area (Å²) in [5, 5.41) is 5.92. The highest BCUT2D eigenvalue weighted by Crippen LogP contribution is 2.28. The second kappa shape index (κ2) is 10.1. The van der Waals surface area contributed by atoms with Crippen LogP contribution in [0.15, 0.2) is 23.3 Å². The molecule has 0 unspecified atom stereocenters. The number of likely N-dealkylation sites (N-methyl/N-ethyl adjacent to an activating group) is 1. The minimum atomic E-state index is -0.862. The minimum Gasteiger partial charge on any atom is -0.490 e. The third-order valence-corrected chi connectivity index (χ3v) is 3.89. The monoisotopic (exact) mass is 376 g/mol. The Morgan fingerprint density at radius 2 is 1.89 bits per heavy atom. The van der Waals surface area contributed by atoms with E-state index in [0.29, 0.717) is 23.7 Å². The van der Waals surface area contributed by atoms with Crippen LogP contribution in [0.25, 0.3) is 0 Å². The van der Waals surface area contributed by atoms with Gasteiger partial charge in [0.05, 0.1) is 12.8 Å². The molecule has 27 heavy (non-hydrogen) atoms. The van der Waals surface area contributed by atoms with E-state index in [4.69, 9.17) is 9.47 Å². The van der Waals surface area contributed by atoms with Gasteiger partial charge in [-0.25, -0.2) is 5.43 Å². The van der Waals surface area contributed by atoms with E-state index in [2.05, 4.69) is 15.8 Å². The number of carbonyl (C=O) groups excluding carboxylic acids is 3. The smallest absolute Gasteiger partial charge is 0.329 e. The van der Waals surface area contributed by atoms with Crippen LogP contribution in [0.3, 0.4) is 0 Å². The molecule has 0 saturated carbocycles. The number of nitrogens with zero attached hydrogens (tertiary/aromatic N) is 2. The first-order chi connectivity index (χ1) is 13.0. The molecule has 0 radical (unpaired) electrons. The summed E-state index contributed by atoms with van der Waals surface area (Å²) < 4.78 is 11.2. The first-order valence-corrected chi connectivity index (χ1v) is 8.77. The summed E-state index contributed by atoms with van der Waals surface area (Å²) in [6, 6.07) is 5.05. The molecule has 1 heterocycles. The van der Waals surface area contributed by atoms with Gasteiger partial charge < -0.3 is 19.7 Å². The van der Waals surface area contributed by atoms with Crippen LogP contribution in [0.4, 0.5) is 0 Å². The summed E-state index contributed by atoms with van der Waals surface area (Å²) >= 11 is 0. The number of ether oxygens (including phenoxy) is 2. The highest BCUT2D eigenvalue weighted by molar-refractivity contribution is 6.34. The standard InChI is InChI=1S/C18H24N4O5/c1-3-26-15-10-13(11-20-21-18(25)17(24)19-2)6-7-14(15)27-12-16(23)22-8-4-5-9-22/h6-7,10-11H,3-5,8-9,12H2,1-2H3,(H,19,24)(H,21,25)/b20-11-. The van der Waals surface area contributed by atoms with Gasteiger partial charge in [0, 0.05) is 20.1 Å². The van der Waals surface area contributed by atoms with Crippen molar-refractivity contribution in [2.45, 2.75) is 19.8 Å². The quantitative estimate of drug-likeness (QED) is 0.404. The van der Waals surface area contributed by atoms with Gasteiger partial charge in [-0.05, 0) is 43.5 Å². The number of amides is 3. The van der Waals surface area contributed by atoms with E-state index in [1.165, 1.54) is 13.3 Å². The number of hydrogen-bond acceptors (Lipinski definition) is 6. The lowest BCUT2D eigenvalue weighted by Gasteiger charge is -2.17. The highest BCUT2D eigenvalue weighted by Gasteiger charge is 2.19. The Balaban J connectivity index is 1.99. The van der Waals surface area contributed by atoms with Crippen LogP contribution in [-0.2, 0) is 14.4 Å². The van der Waals surface area contributed by atoms with Gasteiger partial charge in [0.1, 0.15) is 0 Å². The predicted molar refractivity (Wildman–Crippen MR) is 98.7 cm³/mol. The normalized spacial score (nSPS) is 13.5. The summed E-state index contributed by atoms with van der Waals surface area (Å²) in [5.41, 5.74) is 2.75. The molecule has 2 rings (SSSR count). The van der Waals surface area contributed by atoms with Gasteiger partial charge in [0.2, 0.25) is 0 Å². The predicted octanol–water partition coefficient (Wildman–Crippen LogP) is 0.283. The van der Waals surface area contributed by atoms with Crippen molar-refractivity contribution in [2.75, 3.05) is 33.4 Å². The summed E-state index contributed by atoms with van der Waals surface area (Å²) in [6.07, 6.45) is 3.43. The first-order valence-electron chi connectivity index (χ1n) is 8.77. The van der Waals surface area contributed by atoms with Crippen LogP contribution in [0.5, 0.6) is 11.5 Å². The lowest BCUT2D eigenvalue weighted by atomic mass is 10.2. The maximum absolute atomic E-state index is 12.1. The van der Waals surface area contributed by atoms with Crippen LogP contribution in [-0.4, -0.2) is 62.2 Å². The number of nitrogens with one attached hydrogen (secondary N) is 2. The molecule has 146 valence electrons. The van der Waals surface area contributed by atoms with E-state index < -0.39 is 11.8 Å². The number of hydrazone groups is 1. The molecule has 3 amide bonds. The Kier molecular flexibility index (Phi) is 7.60. The van der Waals surface area contributed by atoms with E-state index >= 15 is 0 Å². The molecule has 0 aliphatic carbocycles. The Morgan fingerprint density at radius 1 is 1.15 bits per heavy atom. The fourth-order valence-corrected chi connectivity index (χ4v) is 2.52. The number of benzene rings is 1. The Labute approximate surface area is 157 Å². The molecule has 1 aliphatic rings. The maximum atomic E-state index is 12.1. The summed E-state index contributed by atoms with van der Waals surface area (Å²) in [5.74, 6) is -0.769. The second-order valence-electron chi connectivity index (χ2n) is 5.79. The topological polar surface area (TPSA) is 109 Å². The van der Waals surface area contributed by atoms with Gasteiger partial charge in [0.25, 0.3) is 5.91 Å². The SMILES string of the molecule is CCOc1cc(/C=N\NC(=O)C(=O)NC)ccc1OCC(=O)N1CCCC1. The Morgan fingerprint density at radius 3 is 2.56 bits per heavy atom. The number of rotatable bonds is 7. The lowest BCUT2D eigenvalue weighted by Crippen LogP contribution is -2.35. The molecule has 1 aromatic rings. The molecule has 1 aromatic carbocycles. The Hall–Kier alpha value is -3.10. The molecule has 9 heteroatoms. The van der Waals surface area contributed by atoms with E-state index in [1.54, 1.807) is 23.1 Å². The third-order valence-electron chi connectivity index (χ3n) is 3.89. The van der Waals surface area contributed by atoms with Crippen molar-refractivity contribution in [3.05, 3.63) is 23.8 Å². The Bertz CT molecular complexity index is 714. The fraction of sp³-hybridized carbons (Fsp3) is 0.444. The van der Waals surface area contributed by atoms with Crippen molar-refractivity contribution >= 4 is 23.9 Å². The molecular weight excluding hydrogens is 352 g/mol. The van der Waals surface area contributed by atoms with Gasteiger partial charge in [-0.1, -0.05) is 0 Å². The van der Waals surface area contributed by atoms with Crippen molar-refractivity contribution < 1.29 is 23.9 Å². The fourth-order valence-electron chi connectivity index (χ4n) is 2.52. The summed E-state index contributed by atoms with van der Waals surface area (Å²) in [7, 11) is 1.35. The molecule has 1 aliphatic heterocycles. The molecule has 0 bridgehead atoms. The van der Waals surface area contributed by atoms with Crippen LogP contribution < -0.4 is 20.2 Å². The summed E-state index contributed by atoms with van der Waals surface area (Å²) in [4.78, 5) is 36.3. The molecule has 1 fully saturated rings. The van der Waals surface area contributed by atoms with Crippen molar-refractivity contribution in [1.29, 1.82) is 0 Å². The van der Waals surface area contributed by atoms with Crippen LogP contribution in [0.2, 0.25) is 0 Å². The molecule has 9 nitrogen and oxygen atoms in total. The number of carbonyl (C=O) groups is 3. The van der Waals surface area contributed by atoms with Crippen LogP contribution in [0.1, 0.15) is 25.3 Å². The van der Waals surface area contributed by atoms with Gasteiger partial charge in [-0.15, -0.1) is 0 Å². The minimum absolute atomic E-state index is 0.0440. The van der Waals surface area contributed by atoms with Crippen LogP contribution in [0, 0.1) is 0 Å². The zero-order chi connectivity index (χ0) is 19.6. The molecular formula is C18H24N4O5. The van der Waals surface area contributed by atoms with Gasteiger partial charge in [-0.2, -0.15) is 5.10 Å². The molecule has 1 saturated heterocycles. The van der Waals surface area contributed by atoms with E-state index in [1.807, 2.05) is 6.92 Å². The van der Waals surface area contributed by atoms with Gasteiger partial charge in [-0.3, -0.25) is 14.4 Å². The van der Waals surface area contributed by atoms with Crippen molar-refractivity contribution in [2.24, 2.45) is 5.10 Å². The molecule has 2 N–H and O–H groups in total. The largest absolute Gasteiger partial charge is 0.490 e. The zero-order valence-corrected chi connectivity index (χ0v) is 15.5. The van der Waals surface area contributed by atoms with Gasteiger partial charge >= 0.3 is 11.8 Å². The number of hydrogen-bond donors (Lipinski definition) is 2. The van der Waals surface area contributed by atoms with E-state index in [9.17, 15) is 14.4 Å². The second-order valence-corrected chi connectivity index (χ2v) is 5.79. The summed E-state index contributed by atoms with van der Waals surface area (Å²) in [6.45, 7) is 3.76. The maximum Gasteiger partial charge on any atom is 0.329 e. The van der Waals surface area contributed by atoms with Gasteiger partial charge in [0.15, 0.2) is 18.1 Å². The lowest BCUT2D eigenvalue weighted by molar-refractivity contribution is -0.138. The molecule has 0 atom stereocenters.